The van der Waals surface area contributed by atoms with Crippen molar-refractivity contribution < 1.29 is 9.47 Å². The third-order valence-electron chi connectivity index (χ3n) is 4.31. The summed E-state index contributed by atoms with van der Waals surface area (Å²) in [5.74, 6) is 2.69. The second-order valence-electron chi connectivity index (χ2n) is 6.15. The fraction of sp³-hybridized carbons (Fsp3) is 0.0476. The first-order valence-electron chi connectivity index (χ1n) is 8.59. The van der Waals surface area contributed by atoms with Crippen molar-refractivity contribution in [2.75, 3.05) is 17.4 Å². The van der Waals surface area contributed by atoms with Gasteiger partial charge in [-0.3, -0.25) is 0 Å². The van der Waals surface area contributed by atoms with E-state index in [2.05, 4.69) is 44.9 Å². The maximum absolute atomic E-state index is 5.41. The summed E-state index contributed by atoms with van der Waals surface area (Å²) in [6.45, 7) is 0.256. The Balaban J connectivity index is 1.36. The van der Waals surface area contributed by atoms with Gasteiger partial charge >= 0.3 is 0 Å². The lowest BCUT2D eigenvalue weighted by Crippen LogP contribution is -2.00. The van der Waals surface area contributed by atoms with Gasteiger partial charge in [0, 0.05) is 23.6 Å². The molecule has 0 saturated carbocycles. The summed E-state index contributed by atoms with van der Waals surface area (Å²) < 4.78 is 10.7. The first kappa shape index (κ1) is 15.5. The van der Waals surface area contributed by atoms with E-state index in [-0.39, 0.29) is 6.79 Å². The highest BCUT2D eigenvalue weighted by Gasteiger charge is 2.13. The van der Waals surface area contributed by atoms with Gasteiger partial charge in [-0.15, -0.1) is 0 Å². The van der Waals surface area contributed by atoms with E-state index in [1.54, 1.807) is 6.20 Å². The standard InChI is InChI=1S/C21H16N4O2/c1-2-4-15-11-16(6-5-14(15)3-1)24-21-22-10-9-20(25-21)23-17-7-8-18-19(12-17)27-13-26-18/h1-12H,13H2,(H2,22,23,24,25). The average molecular weight is 356 g/mol. The molecule has 0 atom stereocenters. The van der Waals surface area contributed by atoms with Gasteiger partial charge in [-0.05, 0) is 41.1 Å². The lowest BCUT2D eigenvalue weighted by molar-refractivity contribution is 0.174. The van der Waals surface area contributed by atoms with Gasteiger partial charge in [0.1, 0.15) is 5.82 Å². The van der Waals surface area contributed by atoms with E-state index in [9.17, 15) is 0 Å². The van der Waals surface area contributed by atoms with Crippen LogP contribution in [-0.4, -0.2) is 16.8 Å². The Hall–Kier alpha value is -3.80. The molecule has 2 heterocycles. The highest BCUT2D eigenvalue weighted by molar-refractivity contribution is 5.86. The molecule has 6 nitrogen and oxygen atoms in total. The second-order valence-corrected chi connectivity index (χ2v) is 6.15. The topological polar surface area (TPSA) is 68.3 Å². The molecule has 0 unspecified atom stereocenters. The third-order valence-corrected chi connectivity index (χ3v) is 4.31. The summed E-state index contributed by atoms with van der Waals surface area (Å²) in [6.07, 6.45) is 1.71. The van der Waals surface area contributed by atoms with Crippen LogP contribution in [0.4, 0.5) is 23.1 Å². The molecule has 27 heavy (non-hydrogen) atoms. The Labute approximate surface area is 155 Å². The minimum absolute atomic E-state index is 0.256. The molecule has 1 aliphatic rings. The molecule has 6 heteroatoms. The summed E-state index contributed by atoms with van der Waals surface area (Å²) in [7, 11) is 0. The summed E-state index contributed by atoms with van der Waals surface area (Å²) in [4.78, 5) is 8.84. The molecule has 3 aromatic carbocycles. The van der Waals surface area contributed by atoms with Crippen LogP contribution in [0.3, 0.4) is 0 Å². The number of anilines is 4. The van der Waals surface area contributed by atoms with Crippen LogP contribution in [0, 0.1) is 0 Å². The Morgan fingerprint density at radius 3 is 2.52 bits per heavy atom. The van der Waals surface area contributed by atoms with Gasteiger partial charge in [0.2, 0.25) is 12.7 Å². The van der Waals surface area contributed by atoms with E-state index < -0.39 is 0 Å². The van der Waals surface area contributed by atoms with Crippen LogP contribution in [0.15, 0.2) is 72.9 Å². The molecule has 0 fully saturated rings. The second kappa shape index (κ2) is 6.49. The van der Waals surface area contributed by atoms with Gasteiger partial charge in [0.25, 0.3) is 0 Å². The molecule has 2 N–H and O–H groups in total. The molecule has 0 bridgehead atoms. The Kier molecular flexibility index (Phi) is 3.72. The molecule has 0 amide bonds. The molecular weight excluding hydrogens is 340 g/mol. The maximum Gasteiger partial charge on any atom is 0.231 e. The predicted molar refractivity (Wildman–Crippen MR) is 105 cm³/mol. The lowest BCUT2D eigenvalue weighted by atomic mass is 10.1. The zero-order valence-corrected chi connectivity index (χ0v) is 14.3. The van der Waals surface area contributed by atoms with Crippen molar-refractivity contribution >= 4 is 33.9 Å². The smallest absolute Gasteiger partial charge is 0.231 e. The SMILES string of the molecule is c1ccc2cc(Nc3nccc(Nc4ccc5c(c4)OCO5)n3)ccc2c1. The number of nitrogens with one attached hydrogen (secondary N) is 2. The number of benzene rings is 3. The minimum Gasteiger partial charge on any atom is -0.454 e. The molecule has 0 aliphatic carbocycles. The summed E-state index contributed by atoms with van der Waals surface area (Å²) in [6, 6.07) is 21.9. The van der Waals surface area contributed by atoms with E-state index in [0.29, 0.717) is 11.8 Å². The number of nitrogens with zero attached hydrogens (tertiary/aromatic N) is 2. The Morgan fingerprint density at radius 1 is 0.741 bits per heavy atom. The molecule has 1 aliphatic heterocycles. The average Bonchev–Trinajstić information content (AvgIpc) is 3.16. The van der Waals surface area contributed by atoms with Crippen molar-refractivity contribution in [3.63, 3.8) is 0 Å². The molecule has 5 rings (SSSR count). The fourth-order valence-corrected chi connectivity index (χ4v) is 3.01. The Morgan fingerprint density at radius 2 is 1.56 bits per heavy atom. The predicted octanol–water partition coefficient (Wildman–Crippen LogP) is 4.85. The minimum atomic E-state index is 0.256. The fourth-order valence-electron chi connectivity index (χ4n) is 3.01. The number of hydrogen-bond acceptors (Lipinski definition) is 6. The largest absolute Gasteiger partial charge is 0.454 e. The van der Waals surface area contributed by atoms with Crippen LogP contribution in [0.2, 0.25) is 0 Å². The maximum atomic E-state index is 5.41. The summed E-state index contributed by atoms with van der Waals surface area (Å²) >= 11 is 0. The van der Waals surface area contributed by atoms with Gasteiger partial charge in [-0.25, -0.2) is 4.98 Å². The van der Waals surface area contributed by atoms with Crippen LogP contribution in [0.5, 0.6) is 11.5 Å². The van der Waals surface area contributed by atoms with Gasteiger partial charge in [0.15, 0.2) is 11.5 Å². The number of aromatic nitrogens is 2. The molecule has 1 aromatic heterocycles. The zero-order valence-electron chi connectivity index (χ0n) is 14.3. The highest BCUT2D eigenvalue weighted by atomic mass is 16.7. The van der Waals surface area contributed by atoms with Crippen LogP contribution in [0.25, 0.3) is 10.8 Å². The molecule has 4 aromatic rings. The van der Waals surface area contributed by atoms with Gasteiger partial charge in [0.05, 0.1) is 0 Å². The monoisotopic (exact) mass is 356 g/mol. The number of rotatable bonds is 4. The van der Waals surface area contributed by atoms with Crippen molar-refractivity contribution in [3.05, 3.63) is 72.9 Å². The molecular formula is C21H16N4O2. The number of ether oxygens (including phenoxy) is 2. The van der Waals surface area contributed by atoms with Crippen molar-refractivity contribution in [2.45, 2.75) is 0 Å². The highest BCUT2D eigenvalue weighted by Crippen LogP contribution is 2.35. The molecule has 132 valence electrons. The van der Waals surface area contributed by atoms with Crippen molar-refractivity contribution in [1.82, 2.24) is 9.97 Å². The normalized spacial score (nSPS) is 12.1. The third kappa shape index (κ3) is 3.20. The Bertz CT molecular complexity index is 1130. The lowest BCUT2D eigenvalue weighted by Gasteiger charge is -2.09. The van der Waals surface area contributed by atoms with E-state index in [1.807, 2.05) is 42.5 Å². The van der Waals surface area contributed by atoms with Crippen LogP contribution in [-0.2, 0) is 0 Å². The van der Waals surface area contributed by atoms with Crippen molar-refractivity contribution in [3.8, 4) is 11.5 Å². The first-order chi connectivity index (χ1) is 13.3. The molecule has 0 radical (unpaired) electrons. The zero-order chi connectivity index (χ0) is 18.1. The molecule has 0 spiro atoms. The van der Waals surface area contributed by atoms with Gasteiger partial charge < -0.3 is 20.1 Å². The summed E-state index contributed by atoms with van der Waals surface area (Å²) in [5.41, 5.74) is 1.81. The van der Waals surface area contributed by atoms with E-state index >= 15 is 0 Å². The van der Waals surface area contributed by atoms with Gasteiger partial charge in [-0.1, -0.05) is 30.3 Å². The molecule has 0 saturated heterocycles. The van der Waals surface area contributed by atoms with E-state index in [4.69, 9.17) is 9.47 Å². The van der Waals surface area contributed by atoms with Crippen LogP contribution >= 0.6 is 0 Å². The van der Waals surface area contributed by atoms with Gasteiger partial charge in [-0.2, -0.15) is 4.98 Å². The van der Waals surface area contributed by atoms with Crippen LogP contribution in [0.1, 0.15) is 0 Å². The van der Waals surface area contributed by atoms with Crippen LogP contribution < -0.4 is 20.1 Å². The van der Waals surface area contributed by atoms with Crippen molar-refractivity contribution in [1.29, 1.82) is 0 Å². The first-order valence-corrected chi connectivity index (χ1v) is 8.59. The summed E-state index contributed by atoms with van der Waals surface area (Å²) in [5, 5.41) is 8.88. The number of hydrogen-bond donors (Lipinski definition) is 2. The van der Waals surface area contributed by atoms with E-state index in [0.717, 1.165) is 28.3 Å². The van der Waals surface area contributed by atoms with Crippen molar-refractivity contribution in [2.24, 2.45) is 0 Å². The number of fused-ring (bicyclic) bond motifs is 2. The van der Waals surface area contributed by atoms with E-state index in [1.165, 1.54) is 5.39 Å². The quantitative estimate of drug-likeness (QED) is 0.545.